The van der Waals surface area contributed by atoms with Gasteiger partial charge in [0.05, 0.1) is 0 Å². The van der Waals surface area contributed by atoms with Crippen LogP contribution >= 0.6 is 0 Å². The SMILES string of the molecule is C#CCC(CC1CCCCC1)(C(=O)O)C(=O)O. The predicted octanol–water partition coefficient (Wildman–Crippen LogP) is 2.14. The lowest BCUT2D eigenvalue weighted by Gasteiger charge is -2.30. The number of terminal acetylenes is 1. The Bertz CT molecular complexity index is 320. The summed E-state index contributed by atoms with van der Waals surface area (Å²) in [5, 5.41) is 18.4. The molecule has 0 saturated heterocycles. The molecule has 0 unspecified atom stereocenters. The van der Waals surface area contributed by atoms with Gasteiger partial charge in [-0.3, -0.25) is 9.59 Å². The van der Waals surface area contributed by atoms with E-state index in [1.54, 1.807) is 0 Å². The second kappa shape index (κ2) is 5.72. The van der Waals surface area contributed by atoms with Crippen molar-refractivity contribution >= 4 is 11.9 Å². The number of hydrogen-bond acceptors (Lipinski definition) is 2. The molecule has 0 aliphatic heterocycles. The molecule has 0 radical (unpaired) electrons. The molecule has 0 aromatic carbocycles. The van der Waals surface area contributed by atoms with E-state index >= 15 is 0 Å². The molecule has 0 aromatic rings. The highest BCUT2D eigenvalue weighted by molar-refractivity contribution is 5.98. The van der Waals surface area contributed by atoms with Crippen LogP contribution in [-0.4, -0.2) is 22.2 Å². The van der Waals surface area contributed by atoms with Gasteiger partial charge >= 0.3 is 11.9 Å². The smallest absolute Gasteiger partial charge is 0.322 e. The van der Waals surface area contributed by atoms with Gasteiger partial charge in [-0.1, -0.05) is 32.1 Å². The molecule has 1 aliphatic carbocycles. The Hall–Kier alpha value is -1.50. The third-order valence-corrected chi connectivity index (χ3v) is 3.58. The van der Waals surface area contributed by atoms with Crippen molar-refractivity contribution < 1.29 is 19.8 Å². The van der Waals surface area contributed by atoms with Gasteiger partial charge in [0.1, 0.15) is 0 Å². The fourth-order valence-corrected chi connectivity index (χ4v) is 2.55. The van der Waals surface area contributed by atoms with Crippen molar-refractivity contribution in [2.75, 3.05) is 0 Å². The lowest BCUT2D eigenvalue weighted by molar-refractivity contribution is -0.166. The first-order valence-corrected chi connectivity index (χ1v) is 5.93. The van der Waals surface area contributed by atoms with Crippen LogP contribution in [0.25, 0.3) is 0 Å². The van der Waals surface area contributed by atoms with Gasteiger partial charge in [0.25, 0.3) is 0 Å². The normalized spacial score (nSPS) is 17.4. The number of rotatable bonds is 5. The molecule has 0 spiro atoms. The minimum Gasteiger partial charge on any atom is -0.480 e. The van der Waals surface area contributed by atoms with Crippen molar-refractivity contribution in [2.45, 2.75) is 44.9 Å². The summed E-state index contributed by atoms with van der Waals surface area (Å²) in [5.74, 6) is -0.253. The van der Waals surface area contributed by atoms with Gasteiger partial charge in [-0.25, -0.2) is 0 Å². The van der Waals surface area contributed by atoms with E-state index in [9.17, 15) is 19.8 Å². The third-order valence-electron chi connectivity index (χ3n) is 3.58. The van der Waals surface area contributed by atoms with Gasteiger partial charge in [0, 0.05) is 6.42 Å². The summed E-state index contributed by atoms with van der Waals surface area (Å²) in [5.41, 5.74) is -1.79. The van der Waals surface area contributed by atoms with Crippen molar-refractivity contribution in [3.05, 3.63) is 0 Å². The van der Waals surface area contributed by atoms with Crippen LogP contribution in [0.15, 0.2) is 0 Å². The maximum Gasteiger partial charge on any atom is 0.322 e. The molecule has 4 heteroatoms. The standard InChI is InChI=1S/C13H18O4/c1-2-8-13(11(14)15,12(16)17)9-10-6-4-3-5-7-10/h1,10H,3-9H2,(H,14,15)(H,16,17). The highest BCUT2D eigenvalue weighted by atomic mass is 16.4. The van der Waals surface area contributed by atoms with E-state index < -0.39 is 17.4 Å². The van der Waals surface area contributed by atoms with Crippen molar-refractivity contribution in [2.24, 2.45) is 11.3 Å². The zero-order valence-corrected chi connectivity index (χ0v) is 9.82. The van der Waals surface area contributed by atoms with Gasteiger partial charge in [-0.2, -0.15) is 0 Å². The Balaban J connectivity index is 2.85. The monoisotopic (exact) mass is 238 g/mol. The number of carboxylic acids is 2. The Kier molecular flexibility index (Phi) is 4.56. The maximum absolute atomic E-state index is 11.3. The maximum atomic E-state index is 11.3. The van der Waals surface area contributed by atoms with E-state index in [0.29, 0.717) is 0 Å². The molecule has 0 atom stereocenters. The molecule has 1 fully saturated rings. The molecule has 1 rings (SSSR count). The quantitative estimate of drug-likeness (QED) is 0.568. The molecule has 1 aliphatic rings. The summed E-state index contributed by atoms with van der Waals surface area (Å²) < 4.78 is 0. The topological polar surface area (TPSA) is 74.6 Å². The Morgan fingerprint density at radius 2 is 1.71 bits per heavy atom. The average molecular weight is 238 g/mol. The van der Waals surface area contributed by atoms with E-state index in [1.807, 2.05) is 0 Å². The molecule has 2 N–H and O–H groups in total. The van der Waals surface area contributed by atoms with E-state index in [1.165, 1.54) is 0 Å². The number of aliphatic carboxylic acids is 2. The lowest BCUT2D eigenvalue weighted by Crippen LogP contribution is -2.41. The van der Waals surface area contributed by atoms with Crippen LogP contribution in [0.5, 0.6) is 0 Å². The first-order chi connectivity index (χ1) is 8.03. The number of carbonyl (C=O) groups is 2. The zero-order valence-electron chi connectivity index (χ0n) is 9.82. The molecule has 0 amide bonds. The number of hydrogen-bond donors (Lipinski definition) is 2. The lowest BCUT2D eigenvalue weighted by atomic mass is 9.72. The zero-order chi connectivity index (χ0) is 12.9. The van der Waals surface area contributed by atoms with Gasteiger partial charge < -0.3 is 10.2 Å². The van der Waals surface area contributed by atoms with Crippen LogP contribution in [0.2, 0.25) is 0 Å². The largest absolute Gasteiger partial charge is 0.480 e. The van der Waals surface area contributed by atoms with Crippen LogP contribution in [0, 0.1) is 23.7 Å². The van der Waals surface area contributed by atoms with Crippen LogP contribution in [0.4, 0.5) is 0 Å². The molecule has 1 saturated carbocycles. The molecule has 0 heterocycles. The minimum absolute atomic E-state index is 0.155. The van der Waals surface area contributed by atoms with Crippen molar-refractivity contribution in [1.82, 2.24) is 0 Å². The van der Waals surface area contributed by atoms with Crippen LogP contribution in [0.3, 0.4) is 0 Å². The molecule has 4 nitrogen and oxygen atoms in total. The summed E-state index contributed by atoms with van der Waals surface area (Å²) in [6.45, 7) is 0. The highest BCUT2D eigenvalue weighted by Gasteiger charge is 2.47. The molecule has 0 bridgehead atoms. The first-order valence-electron chi connectivity index (χ1n) is 5.93. The van der Waals surface area contributed by atoms with Crippen molar-refractivity contribution in [3.8, 4) is 12.3 Å². The fourth-order valence-electron chi connectivity index (χ4n) is 2.55. The summed E-state index contributed by atoms with van der Waals surface area (Å²) in [6.07, 6.45) is 10.1. The molecule has 17 heavy (non-hydrogen) atoms. The van der Waals surface area contributed by atoms with Crippen molar-refractivity contribution in [1.29, 1.82) is 0 Å². The second-order valence-corrected chi connectivity index (χ2v) is 4.78. The molecule has 0 aromatic heterocycles. The minimum atomic E-state index is -1.79. The fraction of sp³-hybridized carbons (Fsp3) is 0.692. The molecule has 94 valence electrons. The van der Waals surface area contributed by atoms with Gasteiger partial charge in [-0.05, 0) is 12.3 Å². The summed E-state index contributed by atoms with van der Waals surface area (Å²) in [7, 11) is 0. The van der Waals surface area contributed by atoms with E-state index in [-0.39, 0.29) is 18.8 Å². The van der Waals surface area contributed by atoms with Crippen molar-refractivity contribution in [3.63, 3.8) is 0 Å². The molecular formula is C13H18O4. The van der Waals surface area contributed by atoms with E-state index in [0.717, 1.165) is 32.1 Å². The van der Waals surface area contributed by atoms with E-state index in [4.69, 9.17) is 6.42 Å². The number of carboxylic acid groups (broad SMARTS) is 2. The van der Waals surface area contributed by atoms with E-state index in [2.05, 4.69) is 5.92 Å². The molecular weight excluding hydrogens is 220 g/mol. The van der Waals surface area contributed by atoms with Gasteiger partial charge in [-0.15, -0.1) is 12.3 Å². The third kappa shape index (κ3) is 3.00. The van der Waals surface area contributed by atoms with Gasteiger partial charge in [0.15, 0.2) is 5.41 Å². The van der Waals surface area contributed by atoms with Gasteiger partial charge in [0.2, 0.25) is 0 Å². The summed E-state index contributed by atoms with van der Waals surface area (Å²) >= 11 is 0. The second-order valence-electron chi connectivity index (χ2n) is 4.78. The Morgan fingerprint density at radius 3 is 2.12 bits per heavy atom. The van der Waals surface area contributed by atoms with Crippen LogP contribution < -0.4 is 0 Å². The summed E-state index contributed by atoms with van der Waals surface area (Å²) in [6, 6.07) is 0. The Labute approximate surface area is 101 Å². The predicted molar refractivity (Wildman–Crippen MR) is 62.3 cm³/mol. The average Bonchev–Trinajstić information content (AvgIpc) is 2.29. The Morgan fingerprint density at radius 1 is 1.18 bits per heavy atom. The van der Waals surface area contributed by atoms with Crippen LogP contribution in [-0.2, 0) is 9.59 Å². The summed E-state index contributed by atoms with van der Waals surface area (Å²) in [4.78, 5) is 22.5. The highest BCUT2D eigenvalue weighted by Crippen LogP contribution is 2.37. The first kappa shape index (κ1) is 13.6. The van der Waals surface area contributed by atoms with Crippen LogP contribution in [0.1, 0.15) is 44.9 Å².